The molecular formula is C17H17NO2. The highest BCUT2D eigenvalue weighted by molar-refractivity contribution is 5.96. The minimum atomic E-state index is -0.165. The standard InChI is InChI=1S/C17H17NO2/c1-2-16(14-6-4-3-5-7-14)17(20)18-15-10-8-13(12-19)9-11-15/h3-12,16H,2H2,1H3,(H,18,20). The van der Waals surface area contributed by atoms with Crippen LogP contribution in [0.25, 0.3) is 0 Å². The van der Waals surface area contributed by atoms with Gasteiger partial charge in [0.25, 0.3) is 0 Å². The molecule has 1 atom stereocenters. The van der Waals surface area contributed by atoms with E-state index in [2.05, 4.69) is 5.32 Å². The van der Waals surface area contributed by atoms with E-state index < -0.39 is 0 Å². The van der Waals surface area contributed by atoms with Crippen LogP contribution in [0.5, 0.6) is 0 Å². The second-order valence-corrected chi connectivity index (χ2v) is 4.60. The van der Waals surface area contributed by atoms with E-state index in [1.165, 1.54) is 0 Å². The topological polar surface area (TPSA) is 46.2 Å². The molecule has 0 heterocycles. The van der Waals surface area contributed by atoms with Crippen LogP contribution in [0.2, 0.25) is 0 Å². The lowest BCUT2D eigenvalue weighted by Gasteiger charge is -2.15. The summed E-state index contributed by atoms with van der Waals surface area (Å²) in [7, 11) is 0. The number of carbonyl (C=O) groups is 2. The predicted molar refractivity (Wildman–Crippen MR) is 79.9 cm³/mol. The molecular weight excluding hydrogens is 250 g/mol. The van der Waals surface area contributed by atoms with Gasteiger partial charge in [0.2, 0.25) is 5.91 Å². The molecule has 0 saturated carbocycles. The van der Waals surface area contributed by atoms with Crippen LogP contribution in [0.1, 0.15) is 35.2 Å². The van der Waals surface area contributed by atoms with Crippen LogP contribution in [-0.2, 0) is 4.79 Å². The summed E-state index contributed by atoms with van der Waals surface area (Å²) < 4.78 is 0. The van der Waals surface area contributed by atoms with Gasteiger partial charge in [-0.25, -0.2) is 0 Å². The van der Waals surface area contributed by atoms with Gasteiger partial charge in [0.1, 0.15) is 6.29 Å². The molecule has 2 rings (SSSR count). The van der Waals surface area contributed by atoms with Crippen molar-refractivity contribution in [1.29, 1.82) is 0 Å². The van der Waals surface area contributed by atoms with Crippen molar-refractivity contribution in [2.75, 3.05) is 5.32 Å². The van der Waals surface area contributed by atoms with E-state index in [9.17, 15) is 9.59 Å². The minimum Gasteiger partial charge on any atom is -0.326 e. The number of hydrogen-bond donors (Lipinski definition) is 1. The molecule has 2 aromatic rings. The molecule has 20 heavy (non-hydrogen) atoms. The van der Waals surface area contributed by atoms with E-state index in [1.807, 2.05) is 37.3 Å². The largest absolute Gasteiger partial charge is 0.326 e. The molecule has 0 radical (unpaired) electrons. The van der Waals surface area contributed by atoms with Gasteiger partial charge in [-0.15, -0.1) is 0 Å². The first-order valence-corrected chi connectivity index (χ1v) is 6.65. The number of hydrogen-bond acceptors (Lipinski definition) is 2. The fourth-order valence-electron chi connectivity index (χ4n) is 2.13. The Morgan fingerprint density at radius 1 is 1.10 bits per heavy atom. The molecule has 0 bridgehead atoms. The summed E-state index contributed by atoms with van der Waals surface area (Å²) in [6, 6.07) is 16.6. The molecule has 1 N–H and O–H groups in total. The number of anilines is 1. The van der Waals surface area contributed by atoms with Crippen LogP contribution in [0.3, 0.4) is 0 Å². The zero-order valence-corrected chi connectivity index (χ0v) is 11.4. The maximum atomic E-state index is 12.3. The van der Waals surface area contributed by atoms with Gasteiger partial charge >= 0.3 is 0 Å². The number of carbonyl (C=O) groups excluding carboxylic acids is 2. The Bertz CT molecular complexity index is 576. The first-order chi connectivity index (χ1) is 9.74. The van der Waals surface area contributed by atoms with E-state index in [0.29, 0.717) is 11.3 Å². The van der Waals surface area contributed by atoms with Crippen molar-refractivity contribution < 1.29 is 9.59 Å². The Morgan fingerprint density at radius 2 is 1.75 bits per heavy atom. The van der Waals surface area contributed by atoms with Gasteiger partial charge in [-0.2, -0.15) is 0 Å². The predicted octanol–water partition coefficient (Wildman–Crippen LogP) is 3.63. The van der Waals surface area contributed by atoms with Gasteiger partial charge in [0.05, 0.1) is 5.92 Å². The molecule has 2 aromatic carbocycles. The van der Waals surface area contributed by atoms with Crippen LogP contribution in [0, 0.1) is 0 Å². The molecule has 0 aliphatic heterocycles. The van der Waals surface area contributed by atoms with Crippen molar-refractivity contribution >= 4 is 17.9 Å². The fourth-order valence-corrected chi connectivity index (χ4v) is 2.13. The molecule has 3 nitrogen and oxygen atoms in total. The van der Waals surface area contributed by atoms with Crippen LogP contribution in [-0.4, -0.2) is 12.2 Å². The van der Waals surface area contributed by atoms with Crippen LogP contribution < -0.4 is 5.32 Å². The SMILES string of the molecule is CCC(C(=O)Nc1ccc(C=O)cc1)c1ccccc1. The quantitative estimate of drug-likeness (QED) is 0.841. The average molecular weight is 267 g/mol. The maximum Gasteiger partial charge on any atom is 0.231 e. The number of nitrogens with one attached hydrogen (secondary N) is 1. The van der Waals surface area contributed by atoms with Gasteiger partial charge in [0.15, 0.2) is 0 Å². The van der Waals surface area contributed by atoms with Gasteiger partial charge in [-0.3, -0.25) is 9.59 Å². The number of aldehydes is 1. The molecule has 1 unspecified atom stereocenters. The minimum absolute atomic E-state index is 0.0300. The van der Waals surface area contributed by atoms with Gasteiger partial charge in [-0.05, 0) is 36.2 Å². The van der Waals surface area contributed by atoms with E-state index >= 15 is 0 Å². The summed E-state index contributed by atoms with van der Waals surface area (Å²) in [4.78, 5) is 22.9. The lowest BCUT2D eigenvalue weighted by molar-refractivity contribution is -0.117. The monoisotopic (exact) mass is 267 g/mol. The van der Waals surface area contributed by atoms with Crippen LogP contribution in [0.4, 0.5) is 5.69 Å². The number of amides is 1. The van der Waals surface area contributed by atoms with Gasteiger partial charge < -0.3 is 5.32 Å². The Morgan fingerprint density at radius 3 is 2.30 bits per heavy atom. The Labute approximate surface area is 118 Å². The number of benzene rings is 2. The Balaban J connectivity index is 2.11. The van der Waals surface area contributed by atoms with Crippen LogP contribution >= 0.6 is 0 Å². The zero-order chi connectivity index (χ0) is 14.4. The summed E-state index contributed by atoms with van der Waals surface area (Å²) in [5.41, 5.74) is 2.31. The van der Waals surface area contributed by atoms with Crippen molar-refractivity contribution in [3.8, 4) is 0 Å². The molecule has 0 fully saturated rings. The highest BCUT2D eigenvalue weighted by Gasteiger charge is 2.18. The number of rotatable bonds is 5. The van der Waals surface area contributed by atoms with Crippen LogP contribution in [0.15, 0.2) is 54.6 Å². The van der Waals surface area contributed by atoms with E-state index in [-0.39, 0.29) is 11.8 Å². The molecule has 0 saturated heterocycles. The van der Waals surface area contributed by atoms with Crippen molar-refractivity contribution in [3.63, 3.8) is 0 Å². The summed E-state index contributed by atoms with van der Waals surface area (Å²) in [6.45, 7) is 1.99. The molecule has 0 spiro atoms. The van der Waals surface area contributed by atoms with E-state index in [0.717, 1.165) is 18.3 Å². The zero-order valence-electron chi connectivity index (χ0n) is 11.4. The molecule has 102 valence electrons. The highest BCUT2D eigenvalue weighted by atomic mass is 16.1. The summed E-state index contributed by atoms with van der Waals surface area (Å²) in [6.07, 6.45) is 1.52. The van der Waals surface area contributed by atoms with Crippen molar-refractivity contribution in [2.24, 2.45) is 0 Å². The third-order valence-corrected chi connectivity index (χ3v) is 3.24. The first kappa shape index (κ1) is 14.0. The third kappa shape index (κ3) is 3.32. The fraction of sp³-hybridized carbons (Fsp3) is 0.176. The smallest absolute Gasteiger partial charge is 0.231 e. The van der Waals surface area contributed by atoms with E-state index in [4.69, 9.17) is 0 Å². The summed E-state index contributed by atoms with van der Waals surface area (Å²) >= 11 is 0. The molecule has 0 aliphatic carbocycles. The molecule has 3 heteroatoms. The lowest BCUT2D eigenvalue weighted by atomic mass is 9.95. The lowest BCUT2D eigenvalue weighted by Crippen LogP contribution is -2.20. The van der Waals surface area contributed by atoms with Gasteiger partial charge in [0, 0.05) is 11.3 Å². The van der Waals surface area contributed by atoms with Crippen molar-refractivity contribution in [1.82, 2.24) is 0 Å². The van der Waals surface area contributed by atoms with Crippen molar-refractivity contribution in [2.45, 2.75) is 19.3 Å². The second-order valence-electron chi connectivity index (χ2n) is 4.60. The summed E-state index contributed by atoms with van der Waals surface area (Å²) in [5.74, 6) is -0.195. The third-order valence-electron chi connectivity index (χ3n) is 3.24. The van der Waals surface area contributed by atoms with Crippen molar-refractivity contribution in [3.05, 3.63) is 65.7 Å². The van der Waals surface area contributed by atoms with E-state index in [1.54, 1.807) is 24.3 Å². The second kappa shape index (κ2) is 6.66. The first-order valence-electron chi connectivity index (χ1n) is 6.65. The molecule has 0 aromatic heterocycles. The Kier molecular flexibility index (Phi) is 4.66. The maximum absolute atomic E-state index is 12.3. The Hall–Kier alpha value is -2.42. The molecule has 0 aliphatic rings. The highest BCUT2D eigenvalue weighted by Crippen LogP contribution is 2.21. The van der Waals surface area contributed by atoms with Gasteiger partial charge in [-0.1, -0.05) is 37.3 Å². The normalized spacial score (nSPS) is 11.7. The molecule has 1 amide bonds. The average Bonchev–Trinajstić information content (AvgIpc) is 2.50. The summed E-state index contributed by atoms with van der Waals surface area (Å²) in [5, 5.41) is 2.89.